The minimum Gasteiger partial charge on any atom is -0.478 e. The molecule has 0 atom stereocenters. The van der Waals surface area contributed by atoms with Crippen LogP contribution in [0.5, 0.6) is 0 Å². The lowest BCUT2D eigenvalue weighted by Crippen LogP contribution is -2.18. The van der Waals surface area contributed by atoms with Gasteiger partial charge in [0.2, 0.25) is 10.0 Å². The van der Waals surface area contributed by atoms with Crippen LogP contribution in [0.15, 0.2) is 28.8 Å². The third-order valence-corrected chi connectivity index (χ3v) is 3.95. The molecular formula is C13H14N2O5S. The molecule has 2 N–H and O–H groups in total. The van der Waals surface area contributed by atoms with Crippen LogP contribution in [-0.2, 0) is 15.8 Å². The number of aromatic carboxylic acids is 1. The molecular weight excluding hydrogens is 296 g/mol. The second kappa shape index (κ2) is 5.57. The van der Waals surface area contributed by atoms with Crippen LogP contribution < -0.4 is 4.72 Å². The number of carboxylic acid groups (broad SMARTS) is 1. The summed E-state index contributed by atoms with van der Waals surface area (Å²) in [6.07, 6.45) is 0. The fourth-order valence-corrected chi connectivity index (χ4v) is 3.01. The smallest absolute Gasteiger partial charge is 0.337 e. The Hall–Kier alpha value is -2.35. The fourth-order valence-electron chi connectivity index (χ4n) is 1.84. The molecule has 8 heteroatoms. The molecule has 0 amide bonds. The van der Waals surface area contributed by atoms with Crippen LogP contribution in [0.1, 0.15) is 27.4 Å². The van der Waals surface area contributed by atoms with E-state index in [1.54, 1.807) is 26.0 Å². The molecule has 7 nitrogen and oxygen atoms in total. The largest absolute Gasteiger partial charge is 0.478 e. The van der Waals surface area contributed by atoms with Crippen LogP contribution in [-0.4, -0.2) is 24.7 Å². The summed E-state index contributed by atoms with van der Waals surface area (Å²) in [7, 11) is -3.80. The van der Waals surface area contributed by atoms with Crippen molar-refractivity contribution >= 4 is 21.7 Å². The van der Waals surface area contributed by atoms with Crippen LogP contribution >= 0.6 is 0 Å². The van der Waals surface area contributed by atoms with Crippen molar-refractivity contribution in [3.8, 4) is 0 Å². The molecule has 0 fully saturated rings. The van der Waals surface area contributed by atoms with Gasteiger partial charge in [-0.15, -0.1) is 0 Å². The Balaban J connectivity index is 2.30. The van der Waals surface area contributed by atoms with Gasteiger partial charge in [-0.2, -0.15) is 0 Å². The Kier molecular flexibility index (Phi) is 3.99. The summed E-state index contributed by atoms with van der Waals surface area (Å²) >= 11 is 0. The molecule has 21 heavy (non-hydrogen) atoms. The van der Waals surface area contributed by atoms with Gasteiger partial charge >= 0.3 is 5.97 Å². The highest BCUT2D eigenvalue weighted by Gasteiger charge is 2.20. The van der Waals surface area contributed by atoms with Crippen molar-refractivity contribution in [2.24, 2.45) is 0 Å². The Morgan fingerprint density at radius 2 is 2.10 bits per heavy atom. The summed E-state index contributed by atoms with van der Waals surface area (Å²) in [5.74, 6) is -1.43. The van der Waals surface area contributed by atoms with E-state index in [1.807, 2.05) is 0 Å². The Labute approximate surface area is 121 Å². The maximum absolute atomic E-state index is 12.1. The first-order valence-electron chi connectivity index (χ1n) is 6.04. The minimum absolute atomic E-state index is 0.0567. The number of aromatic nitrogens is 1. The topological polar surface area (TPSA) is 110 Å². The van der Waals surface area contributed by atoms with Gasteiger partial charge in [0.05, 0.1) is 16.9 Å². The monoisotopic (exact) mass is 310 g/mol. The summed E-state index contributed by atoms with van der Waals surface area (Å²) in [6, 6.07) is 6.03. The molecule has 0 spiro atoms. The maximum atomic E-state index is 12.1. The Morgan fingerprint density at radius 3 is 2.67 bits per heavy atom. The maximum Gasteiger partial charge on any atom is 0.337 e. The second-order valence-electron chi connectivity index (χ2n) is 4.60. The molecule has 1 aromatic carbocycles. The average Bonchev–Trinajstić information content (AvgIpc) is 2.75. The molecule has 0 aliphatic rings. The van der Waals surface area contributed by atoms with Gasteiger partial charge in [-0.25, -0.2) is 13.2 Å². The summed E-state index contributed by atoms with van der Waals surface area (Å²) in [5.41, 5.74) is 1.04. The van der Waals surface area contributed by atoms with E-state index < -0.39 is 21.7 Å². The van der Waals surface area contributed by atoms with Crippen LogP contribution in [0, 0.1) is 13.8 Å². The summed E-state index contributed by atoms with van der Waals surface area (Å²) in [6.45, 7) is 3.31. The fraction of sp³-hybridized carbons (Fsp3) is 0.231. The van der Waals surface area contributed by atoms with Gasteiger partial charge in [-0.05, 0) is 25.5 Å². The van der Waals surface area contributed by atoms with Crippen molar-refractivity contribution in [3.05, 3.63) is 46.8 Å². The summed E-state index contributed by atoms with van der Waals surface area (Å²) < 4.78 is 31.4. The van der Waals surface area contributed by atoms with Gasteiger partial charge in [0.1, 0.15) is 5.75 Å². The molecule has 2 aromatic rings. The number of hydrogen-bond acceptors (Lipinski definition) is 5. The number of para-hydroxylation sites is 1. The van der Waals surface area contributed by atoms with E-state index in [4.69, 9.17) is 9.63 Å². The van der Waals surface area contributed by atoms with Gasteiger partial charge in [-0.3, -0.25) is 4.72 Å². The van der Waals surface area contributed by atoms with E-state index in [9.17, 15) is 13.2 Å². The SMILES string of the molecule is Cc1cc(CS(=O)(=O)Nc2c(C)cccc2C(=O)O)on1. The third kappa shape index (κ3) is 3.60. The first-order chi connectivity index (χ1) is 9.78. The van der Waals surface area contributed by atoms with Crippen molar-refractivity contribution < 1.29 is 22.8 Å². The predicted octanol–water partition coefficient (Wildman–Crippen LogP) is 1.93. The molecule has 0 saturated heterocycles. The predicted molar refractivity (Wildman–Crippen MR) is 75.6 cm³/mol. The van der Waals surface area contributed by atoms with E-state index in [-0.39, 0.29) is 17.0 Å². The standard InChI is InChI=1S/C13H14N2O5S/c1-8-4-3-5-11(13(16)17)12(8)15-21(18,19)7-10-6-9(2)14-20-10/h3-6,15H,7H2,1-2H3,(H,16,17). The lowest BCUT2D eigenvalue weighted by Gasteiger charge is -2.12. The number of nitrogens with zero attached hydrogens (tertiary/aromatic N) is 1. The zero-order valence-electron chi connectivity index (χ0n) is 11.5. The van der Waals surface area contributed by atoms with E-state index in [2.05, 4.69) is 9.88 Å². The number of benzene rings is 1. The van der Waals surface area contributed by atoms with Crippen molar-refractivity contribution in [1.29, 1.82) is 0 Å². The minimum atomic E-state index is -3.80. The van der Waals surface area contributed by atoms with E-state index in [1.165, 1.54) is 12.1 Å². The quantitative estimate of drug-likeness (QED) is 0.873. The third-order valence-electron chi connectivity index (χ3n) is 2.77. The highest BCUT2D eigenvalue weighted by molar-refractivity contribution is 7.91. The highest BCUT2D eigenvalue weighted by Crippen LogP contribution is 2.23. The highest BCUT2D eigenvalue weighted by atomic mass is 32.2. The lowest BCUT2D eigenvalue weighted by molar-refractivity contribution is 0.0698. The summed E-state index contributed by atoms with van der Waals surface area (Å²) in [5, 5.41) is 12.7. The number of anilines is 1. The molecule has 0 saturated carbocycles. The molecule has 0 aliphatic heterocycles. The van der Waals surface area contributed by atoms with Crippen molar-refractivity contribution in [2.75, 3.05) is 4.72 Å². The molecule has 0 radical (unpaired) electrons. The van der Waals surface area contributed by atoms with Crippen LogP contribution in [0.4, 0.5) is 5.69 Å². The molecule has 2 rings (SSSR count). The molecule has 1 aromatic heterocycles. The van der Waals surface area contributed by atoms with Gasteiger partial charge < -0.3 is 9.63 Å². The number of sulfonamides is 1. The zero-order valence-corrected chi connectivity index (χ0v) is 12.3. The second-order valence-corrected chi connectivity index (χ2v) is 6.32. The Morgan fingerprint density at radius 1 is 1.38 bits per heavy atom. The van der Waals surface area contributed by atoms with Crippen molar-refractivity contribution in [1.82, 2.24) is 5.16 Å². The van der Waals surface area contributed by atoms with Gasteiger partial charge in [-0.1, -0.05) is 17.3 Å². The number of carboxylic acids is 1. The number of nitrogens with one attached hydrogen (secondary N) is 1. The summed E-state index contributed by atoms with van der Waals surface area (Å²) in [4.78, 5) is 11.2. The van der Waals surface area contributed by atoms with Gasteiger partial charge in [0.25, 0.3) is 0 Å². The van der Waals surface area contributed by atoms with E-state index in [0.717, 1.165) is 0 Å². The van der Waals surface area contributed by atoms with Crippen LogP contribution in [0.25, 0.3) is 0 Å². The molecule has 112 valence electrons. The number of carbonyl (C=O) groups is 1. The van der Waals surface area contributed by atoms with E-state index in [0.29, 0.717) is 11.3 Å². The number of rotatable bonds is 5. The van der Waals surface area contributed by atoms with Crippen LogP contribution in [0.3, 0.4) is 0 Å². The van der Waals surface area contributed by atoms with Gasteiger partial charge in [0.15, 0.2) is 5.76 Å². The Bertz CT molecular complexity index is 780. The molecule has 0 unspecified atom stereocenters. The van der Waals surface area contributed by atoms with Crippen molar-refractivity contribution in [3.63, 3.8) is 0 Å². The molecule has 0 bridgehead atoms. The average molecular weight is 310 g/mol. The number of hydrogen-bond donors (Lipinski definition) is 2. The number of aryl methyl sites for hydroxylation is 2. The molecule has 0 aliphatic carbocycles. The van der Waals surface area contributed by atoms with Crippen LogP contribution in [0.2, 0.25) is 0 Å². The first-order valence-corrected chi connectivity index (χ1v) is 7.69. The lowest BCUT2D eigenvalue weighted by atomic mass is 10.1. The normalized spacial score (nSPS) is 11.3. The first kappa shape index (κ1) is 15.0. The zero-order chi connectivity index (χ0) is 15.6. The van der Waals surface area contributed by atoms with E-state index >= 15 is 0 Å². The van der Waals surface area contributed by atoms with Gasteiger partial charge in [0, 0.05) is 6.07 Å². The molecule has 1 heterocycles. The van der Waals surface area contributed by atoms with Crippen molar-refractivity contribution in [2.45, 2.75) is 19.6 Å².